The van der Waals surface area contributed by atoms with E-state index in [4.69, 9.17) is 0 Å². The van der Waals surface area contributed by atoms with Gasteiger partial charge in [0.15, 0.2) is 5.78 Å². The van der Waals surface area contributed by atoms with Crippen molar-refractivity contribution in [3.05, 3.63) is 65.8 Å². The Bertz CT molecular complexity index is 790. The zero-order chi connectivity index (χ0) is 13.9. The molecule has 3 rings (SSSR count). The topological polar surface area (TPSA) is 60.2 Å². The van der Waals surface area contributed by atoms with Crippen LogP contribution in [-0.2, 0) is 0 Å². The molecule has 1 aromatic carbocycles. The van der Waals surface area contributed by atoms with E-state index >= 15 is 0 Å². The van der Waals surface area contributed by atoms with Crippen LogP contribution in [-0.4, -0.2) is 25.4 Å². The van der Waals surface area contributed by atoms with E-state index in [-0.39, 0.29) is 5.78 Å². The Labute approximate surface area is 115 Å². The average molecular weight is 264 g/mol. The lowest BCUT2D eigenvalue weighted by Crippen LogP contribution is -1.99. The van der Waals surface area contributed by atoms with Crippen molar-refractivity contribution in [1.82, 2.24) is 19.6 Å². The molecule has 20 heavy (non-hydrogen) atoms. The van der Waals surface area contributed by atoms with Gasteiger partial charge in [-0.25, -0.2) is 4.98 Å². The van der Waals surface area contributed by atoms with Crippen molar-refractivity contribution in [2.45, 2.75) is 6.92 Å². The number of carbonyl (C=O) groups is 1. The molecule has 0 atom stereocenters. The third-order valence-electron chi connectivity index (χ3n) is 2.87. The Morgan fingerprint density at radius 3 is 2.85 bits per heavy atom. The highest BCUT2D eigenvalue weighted by Gasteiger charge is 2.04. The molecule has 0 aliphatic rings. The van der Waals surface area contributed by atoms with Gasteiger partial charge >= 0.3 is 0 Å². The number of aryl methyl sites for hydroxylation is 1. The number of aromatic nitrogens is 4. The van der Waals surface area contributed by atoms with Gasteiger partial charge in [-0.2, -0.15) is 14.6 Å². The minimum atomic E-state index is -0.0478. The second kappa shape index (κ2) is 5.05. The van der Waals surface area contributed by atoms with Crippen molar-refractivity contribution in [1.29, 1.82) is 0 Å². The first-order valence-electron chi connectivity index (χ1n) is 6.19. The van der Waals surface area contributed by atoms with Gasteiger partial charge in [0.05, 0.1) is 5.69 Å². The Hall–Kier alpha value is -2.82. The third-order valence-corrected chi connectivity index (χ3v) is 2.87. The lowest BCUT2D eigenvalue weighted by molar-refractivity contribution is 0.104. The molecule has 2 aromatic heterocycles. The van der Waals surface area contributed by atoms with Crippen molar-refractivity contribution in [3.8, 4) is 0 Å². The molecule has 0 saturated carbocycles. The normalized spacial score (nSPS) is 11.2. The van der Waals surface area contributed by atoms with Gasteiger partial charge in [0.2, 0.25) is 0 Å². The number of ketones is 1. The molecule has 0 unspecified atom stereocenters. The molecule has 0 saturated heterocycles. The summed E-state index contributed by atoms with van der Waals surface area (Å²) in [7, 11) is 0. The molecule has 98 valence electrons. The standard InChI is InChI=1S/C15H12N4O/c1-11-9-13(19-15(18-11)16-10-17-19)7-8-14(20)12-5-3-2-4-6-12/h2-10H,1H3/b8-7+. The molecule has 5 heteroatoms. The predicted molar refractivity (Wildman–Crippen MR) is 75.3 cm³/mol. The van der Waals surface area contributed by atoms with E-state index in [1.165, 1.54) is 12.4 Å². The summed E-state index contributed by atoms with van der Waals surface area (Å²) in [5.41, 5.74) is 2.26. The van der Waals surface area contributed by atoms with E-state index in [9.17, 15) is 4.79 Å². The summed E-state index contributed by atoms with van der Waals surface area (Å²) >= 11 is 0. The Morgan fingerprint density at radius 2 is 2.05 bits per heavy atom. The molecule has 5 nitrogen and oxygen atoms in total. The molecule has 3 aromatic rings. The molecule has 0 spiro atoms. The van der Waals surface area contributed by atoms with E-state index in [1.54, 1.807) is 22.7 Å². The fourth-order valence-electron chi connectivity index (χ4n) is 1.94. The number of allylic oxidation sites excluding steroid dienone is 1. The first-order chi connectivity index (χ1) is 9.74. The quantitative estimate of drug-likeness (QED) is 0.538. The fourth-order valence-corrected chi connectivity index (χ4v) is 1.94. The molecule has 0 N–H and O–H groups in total. The minimum Gasteiger partial charge on any atom is -0.289 e. The summed E-state index contributed by atoms with van der Waals surface area (Å²) in [6.07, 6.45) is 4.70. The first-order valence-corrected chi connectivity index (χ1v) is 6.19. The second-order valence-electron chi connectivity index (χ2n) is 4.36. The summed E-state index contributed by atoms with van der Waals surface area (Å²) in [5.74, 6) is 0.477. The molecule has 0 aliphatic carbocycles. The number of hydrogen-bond donors (Lipinski definition) is 0. The molecule has 2 heterocycles. The molecular formula is C15H12N4O. The molecule has 0 bridgehead atoms. The van der Waals surface area contributed by atoms with Gasteiger partial charge in [-0.1, -0.05) is 30.3 Å². The minimum absolute atomic E-state index is 0.0478. The maximum absolute atomic E-state index is 12.0. The number of nitrogens with zero attached hydrogens (tertiary/aromatic N) is 4. The van der Waals surface area contributed by atoms with Crippen molar-refractivity contribution >= 4 is 17.6 Å². The zero-order valence-corrected chi connectivity index (χ0v) is 10.9. The van der Waals surface area contributed by atoms with Crippen molar-refractivity contribution in [3.63, 3.8) is 0 Å². The van der Waals surface area contributed by atoms with Gasteiger partial charge < -0.3 is 0 Å². The van der Waals surface area contributed by atoms with Gasteiger partial charge in [-0.15, -0.1) is 0 Å². The maximum Gasteiger partial charge on any atom is 0.252 e. The number of carbonyl (C=O) groups excluding carboxylic acids is 1. The van der Waals surface area contributed by atoms with Gasteiger partial charge in [0, 0.05) is 11.3 Å². The molecule has 0 aliphatic heterocycles. The monoisotopic (exact) mass is 264 g/mol. The van der Waals surface area contributed by atoms with Crippen LogP contribution in [0.2, 0.25) is 0 Å². The van der Waals surface area contributed by atoms with Crippen LogP contribution in [0.1, 0.15) is 21.7 Å². The molecule has 0 radical (unpaired) electrons. The maximum atomic E-state index is 12.0. The number of benzene rings is 1. The highest BCUT2D eigenvalue weighted by molar-refractivity contribution is 6.06. The number of fused-ring (bicyclic) bond motifs is 1. The lowest BCUT2D eigenvalue weighted by atomic mass is 10.1. The Morgan fingerprint density at radius 1 is 1.25 bits per heavy atom. The van der Waals surface area contributed by atoms with Crippen molar-refractivity contribution in [2.75, 3.05) is 0 Å². The molecule has 0 fully saturated rings. The predicted octanol–water partition coefficient (Wildman–Crippen LogP) is 2.33. The van der Waals surface area contributed by atoms with E-state index in [0.29, 0.717) is 11.3 Å². The largest absolute Gasteiger partial charge is 0.289 e. The van der Waals surface area contributed by atoms with E-state index in [2.05, 4.69) is 15.1 Å². The van der Waals surface area contributed by atoms with Crippen LogP contribution in [0.3, 0.4) is 0 Å². The van der Waals surface area contributed by atoms with Crippen LogP contribution in [0, 0.1) is 6.92 Å². The second-order valence-corrected chi connectivity index (χ2v) is 4.36. The molecular weight excluding hydrogens is 252 g/mol. The van der Waals surface area contributed by atoms with Crippen molar-refractivity contribution in [2.24, 2.45) is 0 Å². The highest BCUT2D eigenvalue weighted by atomic mass is 16.1. The number of rotatable bonds is 3. The van der Waals surface area contributed by atoms with E-state index in [1.807, 2.05) is 31.2 Å². The average Bonchev–Trinajstić information content (AvgIpc) is 2.93. The van der Waals surface area contributed by atoms with E-state index in [0.717, 1.165) is 11.4 Å². The first kappa shape index (κ1) is 12.2. The Kier molecular flexibility index (Phi) is 3.09. The zero-order valence-electron chi connectivity index (χ0n) is 10.9. The summed E-state index contributed by atoms with van der Waals surface area (Å²) in [6.45, 7) is 1.88. The van der Waals surface area contributed by atoms with Crippen LogP contribution in [0.5, 0.6) is 0 Å². The Balaban J connectivity index is 1.95. The summed E-state index contributed by atoms with van der Waals surface area (Å²) in [6, 6.07) is 11.0. The van der Waals surface area contributed by atoms with Crippen LogP contribution in [0.25, 0.3) is 11.9 Å². The lowest BCUT2D eigenvalue weighted by Gasteiger charge is -2.00. The molecule has 0 amide bonds. The van der Waals surface area contributed by atoms with Gasteiger partial charge in [-0.3, -0.25) is 4.79 Å². The summed E-state index contributed by atoms with van der Waals surface area (Å²) in [4.78, 5) is 20.3. The van der Waals surface area contributed by atoms with E-state index < -0.39 is 0 Å². The number of hydrogen-bond acceptors (Lipinski definition) is 4. The third kappa shape index (κ3) is 2.33. The summed E-state index contributed by atoms with van der Waals surface area (Å²) < 4.78 is 1.60. The van der Waals surface area contributed by atoms with Gasteiger partial charge in [0.25, 0.3) is 5.78 Å². The summed E-state index contributed by atoms with van der Waals surface area (Å²) in [5, 5.41) is 4.09. The SMILES string of the molecule is Cc1cc(/C=C/C(=O)c2ccccc2)n2ncnc2n1. The smallest absolute Gasteiger partial charge is 0.252 e. The van der Waals surface area contributed by atoms with Crippen LogP contribution < -0.4 is 0 Å². The van der Waals surface area contributed by atoms with Crippen molar-refractivity contribution < 1.29 is 4.79 Å². The van der Waals surface area contributed by atoms with Crippen LogP contribution >= 0.6 is 0 Å². The fraction of sp³-hybridized carbons (Fsp3) is 0.0667. The highest BCUT2D eigenvalue weighted by Crippen LogP contribution is 2.08. The van der Waals surface area contributed by atoms with Crippen LogP contribution in [0.15, 0.2) is 48.8 Å². The van der Waals surface area contributed by atoms with Crippen LogP contribution in [0.4, 0.5) is 0 Å². The van der Waals surface area contributed by atoms with Gasteiger partial charge in [-0.05, 0) is 25.1 Å². The van der Waals surface area contributed by atoms with Gasteiger partial charge in [0.1, 0.15) is 6.33 Å².